The van der Waals surface area contributed by atoms with E-state index in [4.69, 9.17) is 39.3 Å². The monoisotopic (exact) mass is 398 g/mol. The Kier molecular flexibility index (Phi) is 499. The summed E-state index contributed by atoms with van der Waals surface area (Å²) in [7, 11) is 0. The van der Waals surface area contributed by atoms with Crippen LogP contribution in [0.25, 0.3) is 0 Å². The maximum absolute atomic E-state index is 8.81. The molecule has 0 aliphatic heterocycles. The Labute approximate surface area is 164 Å². The van der Waals surface area contributed by atoms with Crippen LogP contribution in [0, 0.1) is 6.65 Å². The molecule has 0 spiro atoms. The van der Waals surface area contributed by atoms with Crippen molar-refractivity contribution in [3.05, 3.63) is 6.65 Å². The van der Waals surface area contributed by atoms with Crippen LogP contribution in [0.4, 0.5) is 0 Å². The number of rotatable bonds is 0. The van der Waals surface area contributed by atoms with E-state index in [0.29, 0.717) is 12.9 Å². The fourth-order valence-corrected chi connectivity index (χ4v) is 0. The predicted octanol–water partition coefficient (Wildman–Crippen LogP) is -2.07. The first kappa shape index (κ1) is 43.2. The summed E-state index contributed by atoms with van der Waals surface area (Å²) in [6.45, 7) is 6.94. The van der Waals surface area contributed by atoms with E-state index < -0.39 is 0 Å². The molecule has 0 bridgehead atoms. The molecule has 11 heteroatoms. The molecule has 0 fully saturated rings. The van der Waals surface area contributed by atoms with Crippen LogP contribution in [0.3, 0.4) is 0 Å². The summed E-state index contributed by atoms with van der Waals surface area (Å²) in [5.41, 5.74) is 0. The normalized spacial score (nSPS) is 3.12. The molecule has 0 aliphatic rings. The SMILES string of the molecule is CC=O.O=C=O.O=[C-]O.O=[C-]O.[C-]#[O+].[O]=[Sr].[Sr+2]. The number of aliphatic hydroxyl groups excluding tert-OH is 2. The first-order chi connectivity index (χ1) is 7.66. The molecule has 0 aliphatic carbocycles. The second kappa shape index (κ2) is 196. The van der Waals surface area contributed by atoms with E-state index >= 15 is 0 Å². The van der Waals surface area contributed by atoms with Gasteiger partial charge in [0.05, 0.1) is 0 Å². The van der Waals surface area contributed by atoms with Crippen molar-refractivity contribution >= 4 is 114 Å². The van der Waals surface area contributed by atoms with Crippen LogP contribution >= 0.6 is 0 Å². The van der Waals surface area contributed by atoms with Crippen molar-refractivity contribution in [3.8, 4) is 0 Å². The number of hydrogen-bond acceptors (Lipinski definition) is 6. The van der Waals surface area contributed by atoms with Crippen LogP contribution in [0.5, 0.6) is 0 Å². The fourth-order valence-electron chi connectivity index (χ4n) is 0. The van der Waals surface area contributed by atoms with Gasteiger partial charge in [-0.3, -0.25) is 0 Å². The van der Waals surface area contributed by atoms with Crippen molar-refractivity contribution in [2.24, 2.45) is 0 Å². The van der Waals surface area contributed by atoms with E-state index in [1.807, 2.05) is 0 Å². The number of aldehydes is 1. The Balaban J connectivity index is -0.0000000141. The minimum absolute atomic E-state index is 0. The molecule has 17 heavy (non-hydrogen) atoms. The van der Waals surface area contributed by atoms with Gasteiger partial charge in [0, 0.05) is 0 Å². The molecule has 0 unspecified atom stereocenters. The van der Waals surface area contributed by atoms with Gasteiger partial charge >= 0.3 is 107 Å². The third-order valence-electron chi connectivity index (χ3n) is 0. The average molecular weight is 397 g/mol. The van der Waals surface area contributed by atoms with Gasteiger partial charge in [-0.25, -0.2) is 0 Å². The van der Waals surface area contributed by atoms with E-state index in [1.165, 1.54) is 6.92 Å². The molecule has 0 heterocycles. The molecular weight excluding hydrogens is 391 g/mol. The molecule has 0 aromatic heterocycles. The van der Waals surface area contributed by atoms with Crippen molar-refractivity contribution in [3.63, 3.8) is 0 Å². The topological polar surface area (TPSA) is 163 Å². The molecule has 2 N–H and O–H groups in total. The van der Waals surface area contributed by atoms with Crippen molar-refractivity contribution in [2.45, 2.75) is 6.92 Å². The Hall–Kier alpha value is 0.491. The van der Waals surface area contributed by atoms with Crippen molar-refractivity contribution < 1.29 is 39.3 Å². The minimum atomic E-state index is -0.1000. The summed E-state index contributed by atoms with van der Waals surface area (Å²) in [4.78, 5) is 41.5. The molecule has 0 atom stereocenters. The van der Waals surface area contributed by atoms with Gasteiger partial charge in [-0.1, -0.05) is 12.9 Å². The third kappa shape index (κ3) is 14400. The first-order valence-corrected chi connectivity index (χ1v) is 3.99. The van der Waals surface area contributed by atoms with Gasteiger partial charge in [0.25, 0.3) is 0 Å². The van der Waals surface area contributed by atoms with Crippen molar-refractivity contribution in [2.75, 3.05) is 0 Å². The zero-order valence-electron chi connectivity index (χ0n) is 8.74. The molecular formula is C6H6O9Sr2. The molecule has 0 amide bonds. The smallest absolute Gasteiger partial charge is 2.00 e. The summed E-state index contributed by atoms with van der Waals surface area (Å²) in [6, 6.07) is 0. The summed E-state index contributed by atoms with van der Waals surface area (Å²) >= 11 is -0.1000. The molecule has 0 aromatic carbocycles. The largest absolute Gasteiger partial charge is 2.00 e. The van der Waals surface area contributed by atoms with Crippen LogP contribution in [-0.2, 0) is 29.1 Å². The minimum Gasteiger partial charge on any atom is 2.00 e. The summed E-state index contributed by atoms with van der Waals surface area (Å²) in [5, 5.41) is 13.5. The maximum atomic E-state index is 8.81. The zero-order valence-corrected chi connectivity index (χ0v) is 15.7. The van der Waals surface area contributed by atoms with E-state index in [2.05, 4.69) is 6.65 Å². The maximum Gasteiger partial charge on any atom is 2.00 e. The first-order valence-electron chi connectivity index (χ1n) is 2.57. The standard InChI is InChI=1S/C2H4O.2CHO2.CO2.CO.O.2Sr/c1-2-3;3*2-1-3;1-2;;;/h2H,1H3;2*(H,2,3);;;;;/q;2*-1;;;;;+2. The van der Waals surface area contributed by atoms with E-state index in [0.717, 1.165) is 6.29 Å². The zero-order chi connectivity index (χ0) is 14.8. The van der Waals surface area contributed by atoms with Gasteiger partial charge in [0.1, 0.15) is 6.29 Å². The predicted molar refractivity (Wildman–Crippen MR) is 49.5 cm³/mol. The van der Waals surface area contributed by atoms with Crippen molar-refractivity contribution in [1.29, 1.82) is 0 Å². The van der Waals surface area contributed by atoms with Gasteiger partial charge in [0.2, 0.25) is 0 Å². The third-order valence-corrected chi connectivity index (χ3v) is 0. The van der Waals surface area contributed by atoms with Gasteiger partial charge in [-0.15, -0.1) is 0 Å². The molecule has 0 aromatic rings. The average Bonchev–Trinajstić information content (AvgIpc) is 2.27. The second-order valence-corrected chi connectivity index (χ2v) is 0.502. The van der Waals surface area contributed by atoms with E-state index in [1.54, 1.807) is 0 Å². The molecule has 0 radical (unpaired) electrons. The van der Waals surface area contributed by atoms with Crippen LogP contribution < -0.4 is 0 Å². The van der Waals surface area contributed by atoms with Crippen molar-refractivity contribution in [1.82, 2.24) is 0 Å². The molecule has 0 saturated heterocycles. The molecule has 9 nitrogen and oxygen atoms in total. The number of carbonyl (C=O) groups is 1. The molecule has 0 saturated carbocycles. The molecule has 88 valence electrons. The molecule has 0 rings (SSSR count). The fraction of sp³-hybridized carbons (Fsp3) is 0.167. The van der Waals surface area contributed by atoms with Crippen LogP contribution in [0.15, 0.2) is 0 Å². The Bertz CT molecular complexity index is 150. The van der Waals surface area contributed by atoms with Gasteiger partial charge in [-0.05, 0) is 6.92 Å². The summed E-state index contributed by atoms with van der Waals surface area (Å²) in [5.74, 6) is 0. The quantitative estimate of drug-likeness (QED) is 0.204. The van der Waals surface area contributed by atoms with E-state index in [-0.39, 0.29) is 95.0 Å². The number of carbonyl (C=O) groups excluding carboxylic acids is 3. The van der Waals surface area contributed by atoms with E-state index in [9.17, 15) is 0 Å². The Morgan fingerprint density at radius 2 is 1.18 bits per heavy atom. The second-order valence-electron chi connectivity index (χ2n) is 0.502. The van der Waals surface area contributed by atoms with Gasteiger partial charge in [0.15, 0.2) is 0 Å². The van der Waals surface area contributed by atoms with Crippen LogP contribution in [0.1, 0.15) is 6.92 Å². The van der Waals surface area contributed by atoms with Crippen LogP contribution in [0.2, 0.25) is 0 Å². The number of hydrogen-bond donors (Lipinski definition) is 2. The van der Waals surface area contributed by atoms with Crippen LogP contribution in [-0.4, -0.2) is 124 Å². The summed E-state index contributed by atoms with van der Waals surface area (Å²) < 4.78 is 15.9. The Morgan fingerprint density at radius 3 is 1.18 bits per heavy atom. The van der Waals surface area contributed by atoms with Gasteiger partial charge in [-0.2, -0.15) is 9.59 Å². The Morgan fingerprint density at radius 1 is 1.18 bits per heavy atom. The summed E-state index contributed by atoms with van der Waals surface area (Å²) in [6.07, 6.45) is 1.00. The van der Waals surface area contributed by atoms with Gasteiger partial charge < -0.3 is 24.6 Å².